The van der Waals surface area contributed by atoms with Gasteiger partial charge in [0.05, 0.1) is 6.61 Å². The van der Waals surface area contributed by atoms with Gasteiger partial charge in [-0.3, -0.25) is 4.79 Å². The van der Waals surface area contributed by atoms with Crippen molar-refractivity contribution in [1.82, 2.24) is 0 Å². The number of aryl methyl sites for hydroxylation is 1. The third-order valence-corrected chi connectivity index (χ3v) is 5.18. The van der Waals surface area contributed by atoms with Gasteiger partial charge in [0.2, 0.25) is 0 Å². The molecule has 1 amide bonds. The van der Waals surface area contributed by atoms with Crippen molar-refractivity contribution < 1.29 is 9.53 Å². The minimum Gasteiger partial charge on any atom is -0.493 e. The maximum absolute atomic E-state index is 12.7. The van der Waals surface area contributed by atoms with E-state index in [4.69, 9.17) is 16.3 Å². The molecular formula is C25H23ClN2O2. The molecule has 0 aliphatic heterocycles. The summed E-state index contributed by atoms with van der Waals surface area (Å²) in [7, 11) is 0. The Bertz CT molecular complexity index is 1150. The number of unbranched alkanes of at least 4 members (excludes halogenated alkanes) is 1. The van der Waals surface area contributed by atoms with Gasteiger partial charge >= 0.3 is 0 Å². The highest BCUT2D eigenvalue weighted by molar-refractivity contribution is 6.31. The van der Waals surface area contributed by atoms with Crippen LogP contribution in [0.5, 0.6) is 5.75 Å². The number of carbonyl (C=O) groups is 1. The Balaban J connectivity index is 1.91. The molecule has 30 heavy (non-hydrogen) atoms. The average molecular weight is 419 g/mol. The molecule has 0 saturated carbocycles. The van der Waals surface area contributed by atoms with E-state index in [2.05, 4.69) is 12.2 Å². The second kappa shape index (κ2) is 9.96. The molecule has 0 spiro atoms. The Hall–Kier alpha value is -3.29. The van der Waals surface area contributed by atoms with Crippen LogP contribution in [0.2, 0.25) is 5.02 Å². The van der Waals surface area contributed by atoms with E-state index in [1.807, 2.05) is 55.5 Å². The molecule has 152 valence electrons. The maximum Gasteiger partial charge on any atom is 0.266 e. The van der Waals surface area contributed by atoms with E-state index in [-0.39, 0.29) is 5.57 Å². The van der Waals surface area contributed by atoms with Crippen LogP contribution >= 0.6 is 11.6 Å². The van der Waals surface area contributed by atoms with Crippen molar-refractivity contribution in [1.29, 1.82) is 5.26 Å². The summed E-state index contributed by atoms with van der Waals surface area (Å²) in [6, 6.07) is 18.8. The van der Waals surface area contributed by atoms with Crippen LogP contribution in [0.1, 0.15) is 30.9 Å². The van der Waals surface area contributed by atoms with Crippen molar-refractivity contribution in [2.24, 2.45) is 0 Å². The molecule has 1 N–H and O–H groups in total. The fourth-order valence-corrected chi connectivity index (χ4v) is 3.23. The first-order valence-electron chi connectivity index (χ1n) is 9.87. The summed E-state index contributed by atoms with van der Waals surface area (Å²) in [6.07, 6.45) is 3.65. The standard InChI is InChI=1S/C25H23ClN2O2/c1-3-4-13-30-24-12-10-18(21-7-5-6-8-22(21)24)14-19(16-27)25(29)28-20-11-9-17(2)23(26)15-20/h5-12,14-15H,3-4,13H2,1-2H3,(H,28,29)/b19-14+. The lowest BCUT2D eigenvalue weighted by Gasteiger charge is -2.11. The molecule has 0 unspecified atom stereocenters. The number of nitrogens with one attached hydrogen (secondary N) is 1. The molecule has 0 radical (unpaired) electrons. The molecule has 0 saturated heterocycles. The number of carbonyl (C=O) groups excluding carboxylic acids is 1. The Kier molecular flexibility index (Phi) is 7.11. The number of hydrogen-bond acceptors (Lipinski definition) is 3. The van der Waals surface area contributed by atoms with Gasteiger partial charge in [0.15, 0.2) is 0 Å². The normalized spacial score (nSPS) is 11.2. The molecule has 3 rings (SSSR count). The largest absolute Gasteiger partial charge is 0.493 e. The van der Waals surface area contributed by atoms with E-state index < -0.39 is 5.91 Å². The van der Waals surface area contributed by atoms with E-state index in [9.17, 15) is 10.1 Å². The fourth-order valence-electron chi connectivity index (χ4n) is 3.05. The number of nitriles is 1. The monoisotopic (exact) mass is 418 g/mol. The van der Waals surface area contributed by atoms with Crippen LogP contribution in [-0.4, -0.2) is 12.5 Å². The van der Waals surface area contributed by atoms with Gasteiger partial charge in [-0.15, -0.1) is 0 Å². The molecule has 0 heterocycles. The minimum absolute atomic E-state index is 0.0106. The lowest BCUT2D eigenvalue weighted by molar-refractivity contribution is -0.112. The van der Waals surface area contributed by atoms with E-state index >= 15 is 0 Å². The highest BCUT2D eigenvalue weighted by atomic mass is 35.5. The first-order chi connectivity index (χ1) is 14.5. The van der Waals surface area contributed by atoms with Gasteiger partial charge < -0.3 is 10.1 Å². The van der Waals surface area contributed by atoms with Crippen LogP contribution in [0.15, 0.2) is 60.2 Å². The molecule has 4 nitrogen and oxygen atoms in total. The molecule has 0 aliphatic carbocycles. The third kappa shape index (κ3) is 5.00. The summed E-state index contributed by atoms with van der Waals surface area (Å²) in [5.41, 5.74) is 2.25. The number of benzene rings is 3. The number of ether oxygens (including phenoxy) is 1. The zero-order chi connectivity index (χ0) is 21.5. The second-order valence-electron chi connectivity index (χ2n) is 6.99. The number of hydrogen-bond donors (Lipinski definition) is 1. The maximum atomic E-state index is 12.7. The van der Waals surface area contributed by atoms with Gasteiger partial charge in [-0.25, -0.2) is 0 Å². The number of nitrogens with zero attached hydrogens (tertiary/aromatic N) is 1. The SMILES string of the molecule is CCCCOc1ccc(/C=C(\C#N)C(=O)Nc2ccc(C)c(Cl)c2)c2ccccc12. The van der Waals surface area contributed by atoms with Crippen LogP contribution in [0.4, 0.5) is 5.69 Å². The van der Waals surface area contributed by atoms with Crippen LogP contribution < -0.4 is 10.1 Å². The Morgan fingerprint density at radius 3 is 2.63 bits per heavy atom. The van der Waals surface area contributed by atoms with Gasteiger partial charge in [0.1, 0.15) is 17.4 Å². The minimum atomic E-state index is -0.482. The van der Waals surface area contributed by atoms with E-state index in [1.165, 1.54) is 0 Å². The summed E-state index contributed by atoms with van der Waals surface area (Å²) in [6.45, 7) is 4.66. The average Bonchev–Trinajstić information content (AvgIpc) is 2.75. The summed E-state index contributed by atoms with van der Waals surface area (Å²) < 4.78 is 5.92. The van der Waals surface area contributed by atoms with Crippen LogP contribution in [-0.2, 0) is 4.79 Å². The van der Waals surface area contributed by atoms with Gasteiger partial charge in [-0.2, -0.15) is 5.26 Å². The van der Waals surface area contributed by atoms with E-state index in [0.29, 0.717) is 17.3 Å². The summed E-state index contributed by atoms with van der Waals surface area (Å²) in [4.78, 5) is 12.7. The number of amides is 1. The highest BCUT2D eigenvalue weighted by Gasteiger charge is 2.12. The number of rotatable bonds is 7. The van der Waals surface area contributed by atoms with Crippen molar-refractivity contribution in [2.75, 3.05) is 11.9 Å². The first-order valence-corrected chi connectivity index (χ1v) is 10.2. The zero-order valence-corrected chi connectivity index (χ0v) is 17.8. The topological polar surface area (TPSA) is 62.1 Å². The number of fused-ring (bicyclic) bond motifs is 1. The van der Waals surface area contributed by atoms with Gasteiger partial charge in [0, 0.05) is 16.1 Å². The summed E-state index contributed by atoms with van der Waals surface area (Å²) in [5, 5.41) is 14.7. The van der Waals surface area contributed by atoms with Crippen LogP contribution in [0, 0.1) is 18.3 Å². The van der Waals surface area contributed by atoms with Crippen LogP contribution in [0.25, 0.3) is 16.8 Å². The van der Waals surface area contributed by atoms with Crippen LogP contribution in [0.3, 0.4) is 0 Å². The third-order valence-electron chi connectivity index (χ3n) is 4.77. The molecule has 5 heteroatoms. The number of anilines is 1. The van der Waals surface area contributed by atoms with Crippen molar-refractivity contribution in [2.45, 2.75) is 26.7 Å². The lowest BCUT2D eigenvalue weighted by atomic mass is 10.0. The number of halogens is 1. The quantitative estimate of drug-likeness (QED) is 0.269. The second-order valence-corrected chi connectivity index (χ2v) is 7.40. The molecule has 0 atom stereocenters. The van der Waals surface area contributed by atoms with Crippen molar-refractivity contribution in [3.8, 4) is 11.8 Å². The van der Waals surface area contributed by atoms with Gasteiger partial charge in [-0.1, -0.05) is 61.3 Å². The lowest BCUT2D eigenvalue weighted by Crippen LogP contribution is -2.13. The first kappa shape index (κ1) is 21.4. The Morgan fingerprint density at radius 2 is 1.93 bits per heavy atom. The van der Waals surface area contributed by atoms with Crippen molar-refractivity contribution in [3.05, 3.63) is 76.3 Å². The fraction of sp³-hybridized carbons (Fsp3) is 0.200. The highest BCUT2D eigenvalue weighted by Crippen LogP contribution is 2.30. The molecular weight excluding hydrogens is 396 g/mol. The predicted molar refractivity (Wildman–Crippen MR) is 123 cm³/mol. The van der Waals surface area contributed by atoms with Gasteiger partial charge in [-0.05, 0) is 54.1 Å². The predicted octanol–water partition coefficient (Wildman–Crippen LogP) is 6.53. The molecule has 3 aromatic rings. The molecule has 0 fully saturated rings. The van der Waals surface area contributed by atoms with E-state index in [1.54, 1.807) is 18.2 Å². The molecule has 0 bridgehead atoms. The summed E-state index contributed by atoms with van der Waals surface area (Å²) in [5.74, 6) is 0.318. The molecule has 0 aromatic heterocycles. The molecule has 3 aromatic carbocycles. The van der Waals surface area contributed by atoms with Crippen molar-refractivity contribution in [3.63, 3.8) is 0 Å². The summed E-state index contributed by atoms with van der Waals surface area (Å²) >= 11 is 6.12. The van der Waals surface area contributed by atoms with Gasteiger partial charge in [0.25, 0.3) is 5.91 Å². The molecule has 0 aliphatic rings. The smallest absolute Gasteiger partial charge is 0.266 e. The zero-order valence-electron chi connectivity index (χ0n) is 17.0. The Morgan fingerprint density at radius 1 is 1.17 bits per heavy atom. The van der Waals surface area contributed by atoms with E-state index in [0.717, 1.165) is 40.5 Å². The van der Waals surface area contributed by atoms with Crippen molar-refractivity contribution >= 4 is 40.0 Å². The Labute approximate surface area is 181 Å².